The van der Waals surface area contributed by atoms with Gasteiger partial charge in [-0.2, -0.15) is 0 Å². The molecule has 0 aliphatic carbocycles. The fourth-order valence-electron chi connectivity index (χ4n) is 2.69. The molecule has 6 nitrogen and oxygen atoms in total. The molecule has 0 spiro atoms. The van der Waals surface area contributed by atoms with Crippen LogP contribution in [0.1, 0.15) is 29.9 Å². The summed E-state index contributed by atoms with van der Waals surface area (Å²) in [6.45, 7) is 7.67. The molecule has 116 valence electrons. The van der Waals surface area contributed by atoms with E-state index < -0.39 is 0 Å². The summed E-state index contributed by atoms with van der Waals surface area (Å²) in [5, 5.41) is 0. The predicted octanol–water partition coefficient (Wildman–Crippen LogP) is 2.24. The topological polar surface area (TPSA) is 64.0 Å². The molecule has 2 aromatic heterocycles. The normalized spacial score (nSPS) is 18.3. The molecule has 1 aliphatic heterocycles. The van der Waals surface area contributed by atoms with Crippen LogP contribution < -0.4 is 9.64 Å². The van der Waals surface area contributed by atoms with Crippen LogP contribution in [-0.2, 0) is 0 Å². The molecule has 0 N–H and O–H groups in total. The standard InChI is InChI=1S/C16H21N5O/c1-11-8-17-16(18-9-11)22-14-5-4-6-21(10-14)15-7-12(2)19-13(3)20-15/h7-9,14H,4-6,10H2,1-3H3. The first-order chi connectivity index (χ1) is 10.6. The number of aryl methyl sites for hydroxylation is 3. The maximum atomic E-state index is 5.92. The zero-order chi connectivity index (χ0) is 15.5. The van der Waals surface area contributed by atoms with Crippen molar-refractivity contribution in [2.45, 2.75) is 39.7 Å². The summed E-state index contributed by atoms with van der Waals surface area (Å²) >= 11 is 0. The molecule has 1 aliphatic rings. The fraction of sp³-hybridized carbons (Fsp3) is 0.500. The minimum atomic E-state index is 0.0898. The summed E-state index contributed by atoms with van der Waals surface area (Å²) < 4.78 is 5.92. The average Bonchev–Trinajstić information content (AvgIpc) is 2.49. The molecule has 0 radical (unpaired) electrons. The molecular weight excluding hydrogens is 278 g/mol. The average molecular weight is 299 g/mol. The lowest BCUT2D eigenvalue weighted by Crippen LogP contribution is -2.42. The van der Waals surface area contributed by atoms with E-state index in [2.05, 4.69) is 24.8 Å². The number of piperidine rings is 1. The molecule has 3 heterocycles. The fourth-order valence-corrected chi connectivity index (χ4v) is 2.69. The van der Waals surface area contributed by atoms with Crippen molar-refractivity contribution in [3.63, 3.8) is 0 Å². The Hall–Kier alpha value is -2.24. The lowest BCUT2D eigenvalue weighted by molar-refractivity contribution is 0.164. The van der Waals surface area contributed by atoms with Gasteiger partial charge in [0, 0.05) is 30.7 Å². The SMILES string of the molecule is Cc1cnc(OC2CCCN(c3cc(C)nc(C)n3)C2)nc1. The van der Waals surface area contributed by atoms with Gasteiger partial charge in [0.1, 0.15) is 17.7 Å². The van der Waals surface area contributed by atoms with Crippen LogP contribution in [0, 0.1) is 20.8 Å². The Kier molecular flexibility index (Phi) is 4.18. The van der Waals surface area contributed by atoms with Crippen molar-refractivity contribution in [1.82, 2.24) is 19.9 Å². The Balaban J connectivity index is 1.69. The van der Waals surface area contributed by atoms with E-state index in [1.54, 1.807) is 12.4 Å². The second-order valence-electron chi connectivity index (χ2n) is 5.79. The maximum Gasteiger partial charge on any atom is 0.316 e. The number of hydrogen-bond acceptors (Lipinski definition) is 6. The summed E-state index contributed by atoms with van der Waals surface area (Å²) in [5.41, 5.74) is 2.02. The van der Waals surface area contributed by atoms with Gasteiger partial charge in [-0.25, -0.2) is 19.9 Å². The van der Waals surface area contributed by atoms with E-state index in [1.807, 2.05) is 26.8 Å². The Labute approximate surface area is 130 Å². The molecule has 1 saturated heterocycles. The summed E-state index contributed by atoms with van der Waals surface area (Å²) in [5.74, 6) is 1.78. The molecule has 1 fully saturated rings. The number of rotatable bonds is 3. The first-order valence-corrected chi connectivity index (χ1v) is 7.63. The first kappa shape index (κ1) is 14.7. The highest BCUT2D eigenvalue weighted by molar-refractivity contribution is 5.40. The lowest BCUT2D eigenvalue weighted by Gasteiger charge is -2.33. The van der Waals surface area contributed by atoms with E-state index >= 15 is 0 Å². The third-order valence-corrected chi connectivity index (χ3v) is 3.68. The van der Waals surface area contributed by atoms with E-state index in [-0.39, 0.29) is 6.10 Å². The van der Waals surface area contributed by atoms with Gasteiger partial charge in [-0.05, 0) is 39.2 Å². The highest BCUT2D eigenvalue weighted by Gasteiger charge is 2.23. The summed E-state index contributed by atoms with van der Waals surface area (Å²) in [7, 11) is 0. The van der Waals surface area contributed by atoms with E-state index in [4.69, 9.17) is 4.74 Å². The summed E-state index contributed by atoms with van der Waals surface area (Å²) in [6.07, 6.45) is 5.72. The maximum absolute atomic E-state index is 5.92. The van der Waals surface area contributed by atoms with Crippen LogP contribution in [0.15, 0.2) is 18.5 Å². The largest absolute Gasteiger partial charge is 0.458 e. The zero-order valence-corrected chi connectivity index (χ0v) is 13.3. The third kappa shape index (κ3) is 3.50. The van der Waals surface area contributed by atoms with Crippen LogP contribution in [0.3, 0.4) is 0 Å². The molecule has 3 rings (SSSR count). The lowest BCUT2D eigenvalue weighted by atomic mass is 10.1. The van der Waals surface area contributed by atoms with E-state index in [0.717, 1.165) is 48.8 Å². The van der Waals surface area contributed by atoms with E-state index in [1.165, 1.54) is 0 Å². The van der Waals surface area contributed by atoms with Crippen molar-refractivity contribution in [3.05, 3.63) is 35.5 Å². The number of aromatic nitrogens is 4. The van der Waals surface area contributed by atoms with Gasteiger partial charge in [-0.3, -0.25) is 0 Å². The van der Waals surface area contributed by atoms with Crippen molar-refractivity contribution in [2.75, 3.05) is 18.0 Å². The van der Waals surface area contributed by atoms with Crippen LogP contribution in [0.5, 0.6) is 6.01 Å². The zero-order valence-electron chi connectivity index (χ0n) is 13.3. The monoisotopic (exact) mass is 299 g/mol. The Morgan fingerprint density at radius 1 is 1.14 bits per heavy atom. The number of ether oxygens (including phenoxy) is 1. The molecule has 1 atom stereocenters. The Morgan fingerprint density at radius 3 is 2.64 bits per heavy atom. The number of hydrogen-bond donors (Lipinski definition) is 0. The van der Waals surface area contributed by atoms with Gasteiger partial charge >= 0.3 is 6.01 Å². The van der Waals surface area contributed by atoms with Gasteiger partial charge in [0.05, 0.1) is 6.54 Å². The van der Waals surface area contributed by atoms with Crippen LogP contribution in [0.25, 0.3) is 0 Å². The number of nitrogens with zero attached hydrogens (tertiary/aromatic N) is 5. The molecule has 0 bridgehead atoms. The molecule has 0 amide bonds. The molecule has 2 aromatic rings. The van der Waals surface area contributed by atoms with Crippen LogP contribution >= 0.6 is 0 Å². The van der Waals surface area contributed by atoms with Gasteiger partial charge in [0.2, 0.25) is 0 Å². The summed E-state index contributed by atoms with van der Waals surface area (Å²) in [4.78, 5) is 19.6. The van der Waals surface area contributed by atoms with Crippen molar-refractivity contribution in [1.29, 1.82) is 0 Å². The molecule has 6 heteroatoms. The highest BCUT2D eigenvalue weighted by atomic mass is 16.5. The van der Waals surface area contributed by atoms with E-state index in [9.17, 15) is 0 Å². The van der Waals surface area contributed by atoms with Crippen molar-refractivity contribution in [2.24, 2.45) is 0 Å². The summed E-state index contributed by atoms with van der Waals surface area (Å²) in [6, 6.07) is 2.48. The molecule has 22 heavy (non-hydrogen) atoms. The third-order valence-electron chi connectivity index (χ3n) is 3.68. The van der Waals surface area contributed by atoms with Crippen LogP contribution in [-0.4, -0.2) is 39.1 Å². The van der Waals surface area contributed by atoms with Gasteiger partial charge < -0.3 is 9.64 Å². The minimum Gasteiger partial charge on any atom is -0.458 e. The molecule has 0 saturated carbocycles. The second kappa shape index (κ2) is 6.25. The Bertz CT molecular complexity index is 623. The van der Waals surface area contributed by atoms with Crippen molar-refractivity contribution in [3.8, 4) is 6.01 Å². The molecule has 1 unspecified atom stereocenters. The van der Waals surface area contributed by atoms with Crippen LogP contribution in [0.2, 0.25) is 0 Å². The predicted molar refractivity (Wildman–Crippen MR) is 84.1 cm³/mol. The van der Waals surface area contributed by atoms with E-state index in [0.29, 0.717) is 6.01 Å². The molecule has 0 aromatic carbocycles. The minimum absolute atomic E-state index is 0.0898. The quantitative estimate of drug-likeness (QED) is 0.866. The van der Waals surface area contributed by atoms with Crippen molar-refractivity contribution >= 4 is 5.82 Å². The number of anilines is 1. The van der Waals surface area contributed by atoms with Gasteiger partial charge in [-0.1, -0.05) is 0 Å². The van der Waals surface area contributed by atoms with Crippen LogP contribution in [0.4, 0.5) is 5.82 Å². The van der Waals surface area contributed by atoms with Crippen molar-refractivity contribution < 1.29 is 4.74 Å². The first-order valence-electron chi connectivity index (χ1n) is 7.63. The second-order valence-corrected chi connectivity index (χ2v) is 5.79. The van der Waals surface area contributed by atoms with Gasteiger partial charge in [0.15, 0.2) is 0 Å². The Morgan fingerprint density at radius 2 is 1.91 bits per heavy atom. The van der Waals surface area contributed by atoms with Gasteiger partial charge in [-0.15, -0.1) is 0 Å². The van der Waals surface area contributed by atoms with Gasteiger partial charge in [0.25, 0.3) is 0 Å². The smallest absolute Gasteiger partial charge is 0.316 e. The highest BCUT2D eigenvalue weighted by Crippen LogP contribution is 2.21. The molecular formula is C16H21N5O.